The fourth-order valence-corrected chi connectivity index (χ4v) is 3.16. The van der Waals surface area contributed by atoms with E-state index in [-0.39, 0.29) is 11.3 Å². The van der Waals surface area contributed by atoms with E-state index in [4.69, 9.17) is 5.11 Å². The normalized spacial score (nSPS) is 11.4. The van der Waals surface area contributed by atoms with Gasteiger partial charge in [-0.1, -0.05) is 12.8 Å². The molecule has 0 spiro atoms. The zero-order valence-corrected chi connectivity index (χ0v) is 13.3. The molecule has 0 aliphatic carbocycles. The number of unbranched alkanes of at least 4 members (excludes halogenated alkanes) is 3. The number of nitrogens with one attached hydrogen (secondary N) is 1. The molecular formula is C12H17BrN2O4S. The van der Waals surface area contributed by atoms with Gasteiger partial charge in [0.05, 0.1) is 0 Å². The molecule has 1 aromatic rings. The number of sulfonamides is 1. The van der Waals surface area contributed by atoms with Crippen LogP contribution in [0.4, 0.5) is 0 Å². The van der Waals surface area contributed by atoms with Gasteiger partial charge in [0.1, 0.15) is 4.90 Å². The summed E-state index contributed by atoms with van der Waals surface area (Å²) in [5.41, 5.74) is 0. The smallest absolute Gasteiger partial charge is 0.303 e. The molecule has 0 aliphatic rings. The van der Waals surface area contributed by atoms with Crippen molar-refractivity contribution in [3.63, 3.8) is 0 Å². The minimum atomic E-state index is -3.53. The summed E-state index contributed by atoms with van der Waals surface area (Å²) in [5.74, 6) is -0.798. The van der Waals surface area contributed by atoms with Gasteiger partial charge in [-0.2, -0.15) is 0 Å². The average Bonchev–Trinajstić information content (AvgIpc) is 2.37. The van der Waals surface area contributed by atoms with Crippen LogP contribution in [0, 0.1) is 0 Å². The molecule has 1 aromatic heterocycles. The Morgan fingerprint density at radius 3 is 2.60 bits per heavy atom. The van der Waals surface area contributed by atoms with Gasteiger partial charge in [0.2, 0.25) is 10.0 Å². The van der Waals surface area contributed by atoms with Gasteiger partial charge in [0.25, 0.3) is 0 Å². The van der Waals surface area contributed by atoms with Gasteiger partial charge in [-0.3, -0.25) is 9.78 Å². The van der Waals surface area contributed by atoms with Gasteiger partial charge in [0.15, 0.2) is 0 Å². The first-order chi connectivity index (χ1) is 9.42. The lowest BCUT2D eigenvalue weighted by molar-refractivity contribution is -0.137. The minimum Gasteiger partial charge on any atom is -0.481 e. The topological polar surface area (TPSA) is 96.4 Å². The van der Waals surface area contributed by atoms with E-state index in [0.717, 1.165) is 12.8 Å². The summed E-state index contributed by atoms with van der Waals surface area (Å²) in [6.45, 7) is 0.335. The molecule has 0 aliphatic heterocycles. The van der Waals surface area contributed by atoms with Crippen molar-refractivity contribution in [2.75, 3.05) is 6.54 Å². The lowest BCUT2D eigenvalue weighted by atomic mass is 10.1. The summed E-state index contributed by atoms with van der Waals surface area (Å²) in [7, 11) is -3.53. The van der Waals surface area contributed by atoms with Crippen molar-refractivity contribution in [1.82, 2.24) is 9.71 Å². The highest BCUT2D eigenvalue weighted by Gasteiger charge is 2.13. The Kier molecular flexibility index (Phi) is 7.11. The van der Waals surface area contributed by atoms with Crippen LogP contribution in [0.15, 0.2) is 27.8 Å². The molecule has 0 radical (unpaired) electrons. The Bertz CT molecular complexity index is 548. The van der Waals surface area contributed by atoms with Crippen LogP contribution in [0.3, 0.4) is 0 Å². The predicted molar refractivity (Wildman–Crippen MR) is 77.8 cm³/mol. The molecule has 2 N–H and O–H groups in total. The molecule has 0 bridgehead atoms. The summed E-state index contributed by atoms with van der Waals surface area (Å²) >= 11 is 3.17. The first kappa shape index (κ1) is 17.1. The second-order valence-electron chi connectivity index (χ2n) is 4.29. The number of carboxylic acid groups (broad SMARTS) is 1. The van der Waals surface area contributed by atoms with E-state index in [1.807, 2.05) is 0 Å². The summed E-state index contributed by atoms with van der Waals surface area (Å²) in [6.07, 6.45) is 5.85. The van der Waals surface area contributed by atoms with E-state index in [1.54, 1.807) is 0 Å². The fourth-order valence-electron chi connectivity index (χ4n) is 1.58. The van der Waals surface area contributed by atoms with Crippen LogP contribution in [0.1, 0.15) is 32.1 Å². The third-order valence-corrected chi connectivity index (χ3v) is 4.46. The molecule has 20 heavy (non-hydrogen) atoms. The molecule has 0 saturated heterocycles. The number of hydrogen-bond acceptors (Lipinski definition) is 4. The first-order valence-corrected chi connectivity index (χ1v) is 8.51. The molecule has 6 nitrogen and oxygen atoms in total. The average molecular weight is 365 g/mol. The molecule has 0 aromatic carbocycles. The predicted octanol–water partition coefficient (Wildman–Crippen LogP) is 2.16. The van der Waals surface area contributed by atoms with Crippen LogP contribution >= 0.6 is 15.9 Å². The van der Waals surface area contributed by atoms with E-state index in [0.29, 0.717) is 23.9 Å². The summed E-state index contributed by atoms with van der Waals surface area (Å²) in [6, 6.07) is 1.49. The van der Waals surface area contributed by atoms with Crippen LogP contribution in [-0.2, 0) is 14.8 Å². The van der Waals surface area contributed by atoms with Gasteiger partial charge in [-0.25, -0.2) is 13.1 Å². The highest BCUT2D eigenvalue weighted by molar-refractivity contribution is 9.10. The van der Waals surface area contributed by atoms with Crippen LogP contribution in [-0.4, -0.2) is 31.0 Å². The number of aromatic nitrogens is 1. The van der Waals surface area contributed by atoms with Crippen molar-refractivity contribution in [3.8, 4) is 0 Å². The molecule has 8 heteroatoms. The first-order valence-electron chi connectivity index (χ1n) is 6.24. The monoisotopic (exact) mass is 364 g/mol. The molecule has 0 saturated carbocycles. The molecule has 112 valence electrons. The van der Waals surface area contributed by atoms with E-state index in [1.165, 1.54) is 18.5 Å². The van der Waals surface area contributed by atoms with Crippen molar-refractivity contribution in [2.45, 2.75) is 37.0 Å². The SMILES string of the molecule is O=C(O)CCCCCCNS(=O)(=O)c1cncc(Br)c1. The maximum atomic E-state index is 11.9. The second-order valence-corrected chi connectivity index (χ2v) is 6.98. The van der Waals surface area contributed by atoms with E-state index < -0.39 is 16.0 Å². The van der Waals surface area contributed by atoms with Crippen LogP contribution in [0.5, 0.6) is 0 Å². The Balaban J connectivity index is 2.29. The molecule has 0 fully saturated rings. The van der Waals surface area contributed by atoms with Gasteiger partial charge >= 0.3 is 5.97 Å². The number of halogens is 1. The minimum absolute atomic E-state index is 0.123. The Morgan fingerprint density at radius 1 is 1.25 bits per heavy atom. The molecule has 1 rings (SSSR count). The third kappa shape index (κ3) is 6.44. The number of carbonyl (C=O) groups is 1. The molecular weight excluding hydrogens is 348 g/mol. The van der Waals surface area contributed by atoms with Gasteiger partial charge in [0, 0.05) is 29.8 Å². The number of aliphatic carboxylic acids is 1. The number of pyridine rings is 1. The summed E-state index contributed by atoms with van der Waals surface area (Å²) in [4.78, 5) is 14.2. The van der Waals surface area contributed by atoms with Gasteiger partial charge < -0.3 is 5.11 Å². The fraction of sp³-hybridized carbons (Fsp3) is 0.500. The van der Waals surface area contributed by atoms with Crippen molar-refractivity contribution in [3.05, 3.63) is 22.9 Å². The number of carboxylic acids is 1. The molecule has 0 amide bonds. The number of hydrogen-bond donors (Lipinski definition) is 2. The highest BCUT2D eigenvalue weighted by atomic mass is 79.9. The lowest BCUT2D eigenvalue weighted by Gasteiger charge is -2.06. The third-order valence-electron chi connectivity index (χ3n) is 2.60. The van der Waals surface area contributed by atoms with Crippen LogP contribution < -0.4 is 4.72 Å². The number of nitrogens with zero attached hydrogens (tertiary/aromatic N) is 1. The van der Waals surface area contributed by atoms with Crippen molar-refractivity contribution >= 4 is 31.9 Å². The largest absolute Gasteiger partial charge is 0.481 e. The maximum absolute atomic E-state index is 11.9. The van der Waals surface area contributed by atoms with Crippen molar-refractivity contribution in [2.24, 2.45) is 0 Å². The summed E-state index contributed by atoms with van der Waals surface area (Å²) < 4.78 is 26.9. The van der Waals surface area contributed by atoms with E-state index >= 15 is 0 Å². The van der Waals surface area contributed by atoms with Gasteiger partial charge in [-0.05, 0) is 34.8 Å². The molecule has 0 unspecified atom stereocenters. The molecule has 0 atom stereocenters. The van der Waals surface area contributed by atoms with Crippen LogP contribution in [0.2, 0.25) is 0 Å². The molecule has 1 heterocycles. The van der Waals surface area contributed by atoms with Crippen LogP contribution in [0.25, 0.3) is 0 Å². The standard InChI is InChI=1S/C12H17BrN2O4S/c13-10-7-11(9-14-8-10)20(18,19)15-6-4-2-1-3-5-12(16)17/h7-9,15H,1-6H2,(H,16,17). The lowest BCUT2D eigenvalue weighted by Crippen LogP contribution is -2.24. The van der Waals surface area contributed by atoms with Crippen molar-refractivity contribution in [1.29, 1.82) is 0 Å². The van der Waals surface area contributed by atoms with Crippen molar-refractivity contribution < 1.29 is 18.3 Å². The second kappa shape index (κ2) is 8.33. The summed E-state index contributed by atoms with van der Waals surface area (Å²) in [5, 5.41) is 8.47. The zero-order valence-electron chi connectivity index (χ0n) is 10.9. The van der Waals surface area contributed by atoms with Gasteiger partial charge in [-0.15, -0.1) is 0 Å². The zero-order chi connectivity index (χ0) is 15.0. The van der Waals surface area contributed by atoms with E-state index in [2.05, 4.69) is 25.6 Å². The maximum Gasteiger partial charge on any atom is 0.303 e. The Hall–Kier alpha value is -0.990. The quantitative estimate of drug-likeness (QED) is 0.654. The Labute approximate surface area is 126 Å². The number of rotatable bonds is 9. The highest BCUT2D eigenvalue weighted by Crippen LogP contribution is 2.14. The Morgan fingerprint density at radius 2 is 1.95 bits per heavy atom. The van der Waals surface area contributed by atoms with E-state index in [9.17, 15) is 13.2 Å².